The van der Waals surface area contributed by atoms with E-state index in [1.807, 2.05) is 0 Å². The van der Waals surface area contributed by atoms with Crippen molar-refractivity contribution in [3.63, 3.8) is 0 Å². The minimum Gasteiger partial charge on any atom is -0.325 e. The molecule has 1 aromatic carbocycles. The standard InChI is InChI=1S/C11H12F3NO2/c1-3-8-4-5-9(11(12,13)14)6-10(8)15-7(2)17-16/h4-6,16H,3H2,1-2H3. The van der Waals surface area contributed by atoms with E-state index in [1.54, 1.807) is 6.92 Å². The molecular formula is C11H12F3NO2. The lowest BCUT2D eigenvalue weighted by molar-refractivity contribution is -0.155. The van der Waals surface area contributed by atoms with Crippen LogP contribution in [0.3, 0.4) is 0 Å². The number of benzene rings is 1. The lowest BCUT2D eigenvalue weighted by atomic mass is 10.1. The molecule has 17 heavy (non-hydrogen) atoms. The molecule has 1 aromatic rings. The first kappa shape index (κ1) is 13.5. The molecule has 0 unspecified atom stereocenters. The van der Waals surface area contributed by atoms with E-state index in [2.05, 4.69) is 9.88 Å². The van der Waals surface area contributed by atoms with Crippen LogP contribution in [-0.2, 0) is 17.5 Å². The summed E-state index contributed by atoms with van der Waals surface area (Å²) in [6, 6.07) is 3.31. The van der Waals surface area contributed by atoms with Gasteiger partial charge >= 0.3 is 6.18 Å². The molecular weight excluding hydrogens is 235 g/mol. The van der Waals surface area contributed by atoms with Crippen LogP contribution < -0.4 is 0 Å². The van der Waals surface area contributed by atoms with Crippen LogP contribution in [0.5, 0.6) is 0 Å². The van der Waals surface area contributed by atoms with Gasteiger partial charge in [0, 0.05) is 6.92 Å². The molecule has 0 atom stereocenters. The number of nitrogens with zero attached hydrogens (tertiary/aromatic N) is 1. The maximum Gasteiger partial charge on any atom is 0.416 e. The maximum atomic E-state index is 12.5. The SMILES string of the molecule is CCc1ccc(C(F)(F)F)cc1N=C(C)OO. The average Bonchev–Trinajstić information content (AvgIpc) is 2.27. The highest BCUT2D eigenvalue weighted by Crippen LogP contribution is 2.33. The zero-order valence-electron chi connectivity index (χ0n) is 9.38. The Bertz CT molecular complexity index is 427. The summed E-state index contributed by atoms with van der Waals surface area (Å²) in [6.07, 6.45) is -3.87. The molecule has 6 heteroatoms. The molecule has 94 valence electrons. The Labute approximate surface area is 96.5 Å². The second kappa shape index (κ2) is 5.18. The molecule has 0 saturated heterocycles. The average molecular weight is 247 g/mol. The molecule has 1 rings (SSSR count). The van der Waals surface area contributed by atoms with Crippen molar-refractivity contribution in [3.8, 4) is 0 Å². The van der Waals surface area contributed by atoms with Gasteiger partial charge < -0.3 is 4.89 Å². The van der Waals surface area contributed by atoms with Gasteiger partial charge in [-0.3, -0.25) is 0 Å². The Hall–Kier alpha value is -1.56. The van der Waals surface area contributed by atoms with Crippen molar-refractivity contribution in [1.29, 1.82) is 0 Å². The van der Waals surface area contributed by atoms with E-state index in [0.717, 1.165) is 12.1 Å². The lowest BCUT2D eigenvalue weighted by Gasteiger charge is -2.10. The van der Waals surface area contributed by atoms with Crippen molar-refractivity contribution >= 4 is 11.6 Å². The highest BCUT2D eigenvalue weighted by atomic mass is 19.4. The Morgan fingerprint density at radius 1 is 1.41 bits per heavy atom. The second-order valence-corrected chi connectivity index (χ2v) is 3.42. The summed E-state index contributed by atoms with van der Waals surface area (Å²) in [5.74, 6) is -0.112. The first-order valence-corrected chi connectivity index (χ1v) is 4.95. The number of halogens is 3. The molecule has 1 N–H and O–H groups in total. The van der Waals surface area contributed by atoms with E-state index < -0.39 is 11.7 Å². The second-order valence-electron chi connectivity index (χ2n) is 3.42. The minimum absolute atomic E-state index is 0.112. The Morgan fingerprint density at radius 3 is 2.53 bits per heavy atom. The first-order valence-electron chi connectivity index (χ1n) is 4.95. The van der Waals surface area contributed by atoms with Gasteiger partial charge in [-0.05, 0) is 24.1 Å². The van der Waals surface area contributed by atoms with E-state index >= 15 is 0 Å². The fourth-order valence-electron chi connectivity index (χ4n) is 1.33. The van der Waals surface area contributed by atoms with Crippen molar-refractivity contribution in [2.75, 3.05) is 0 Å². The number of alkyl halides is 3. The predicted molar refractivity (Wildman–Crippen MR) is 57.3 cm³/mol. The molecule has 0 aliphatic heterocycles. The fourth-order valence-corrected chi connectivity index (χ4v) is 1.33. The highest BCUT2D eigenvalue weighted by molar-refractivity contribution is 5.76. The Balaban J connectivity index is 3.25. The van der Waals surface area contributed by atoms with Gasteiger partial charge in [0.05, 0.1) is 11.3 Å². The number of rotatable bonds is 2. The summed E-state index contributed by atoms with van der Waals surface area (Å²) < 4.78 is 37.5. The van der Waals surface area contributed by atoms with E-state index in [4.69, 9.17) is 5.26 Å². The third-order valence-electron chi connectivity index (χ3n) is 2.20. The Morgan fingerprint density at radius 2 is 2.06 bits per heavy atom. The van der Waals surface area contributed by atoms with Crippen LogP contribution in [0.25, 0.3) is 0 Å². The van der Waals surface area contributed by atoms with Crippen LogP contribution in [-0.4, -0.2) is 11.2 Å². The third-order valence-corrected chi connectivity index (χ3v) is 2.20. The summed E-state index contributed by atoms with van der Waals surface area (Å²) in [6.45, 7) is 3.15. The molecule has 0 radical (unpaired) electrons. The third kappa shape index (κ3) is 3.45. The van der Waals surface area contributed by atoms with E-state index in [1.165, 1.54) is 13.0 Å². The van der Waals surface area contributed by atoms with Crippen molar-refractivity contribution < 1.29 is 23.3 Å². The number of aliphatic imine (C=N–C) groups is 1. The van der Waals surface area contributed by atoms with E-state index in [9.17, 15) is 13.2 Å². The molecule has 0 saturated carbocycles. The van der Waals surface area contributed by atoms with Gasteiger partial charge in [0.2, 0.25) is 5.90 Å². The quantitative estimate of drug-likeness (QED) is 0.373. The van der Waals surface area contributed by atoms with Gasteiger partial charge in [-0.1, -0.05) is 13.0 Å². The molecule has 0 spiro atoms. The molecule has 0 aliphatic carbocycles. The summed E-state index contributed by atoms with van der Waals surface area (Å²) in [5, 5.41) is 8.34. The normalized spacial score (nSPS) is 12.7. The summed E-state index contributed by atoms with van der Waals surface area (Å²) in [5.41, 5.74) is 0.0162. The van der Waals surface area contributed by atoms with Crippen LogP contribution in [0.4, 0.5) is 18.9 Å². The van der Waals surface area contributed by atoms with Gasteiger partial charge in [0.1, 0.15) is 0 Å². The largest absolute Gasteiger partial charge is 0.416 e. The van der Waals surface area contributed by atoms with E-state index in [-0.39, 0.29) is 11.6 Å². The van der Waals surface area contributed by atoms with Crippen LogP contribution in [0.1, 0.15) is 25.0 Å². The number of aryl methyl sites for hydroxylation is 1. The molecule has 0 heterocycles. The maximum absolute atomic E-state index is 12.5. The molecule has 0 aromatic heterocycles. The molecule has 0 fully saturated rings. The molecule has 0 amide bonds. The van der Waals surface area contributed by atoms with Crippen LogP contribution >= 0.6 is 0 Å². The zero-order chi connectivity index (χ0) is 13.1. The van der Waals surface area contributed by atoms with Gasteiger partial charge in [-0.25, -0.2) is 10.2 Å². The number of hydrogen-bond acceptors (Lipinski definition) is 3. The van der Waals surface area contributed by atoms with Gasteiger partial charge in [-0.15, -0.1) is 0 Å². The summed E-state index contributed by atoms with van der Waals surface area (Å²) in [7, 11) is 0. The molecule has 0 bridgehead atoms. The molecule has 0 aliphatic rings. The predicted octanol–water partition coefficient (Wildman–Crippen LogP) is 3.81. The number of hydrogen-bond donors (Lipinski definition) is 1. The van der Waals surface area contributed by atoms with E-state index in [0.29, 0.717) is 12.0 Å². The van der Waals surface area contributed by atoms with Gasteiger partial charge in [0.25, 0.3) is 0 Å². The monoisotopic (exact) mass is 247 g/mol. The van der Waals surface area contributed by atoms with Gasteiger partial charge in [0.15, 0.2) is 0 Å². The summed E-state index contributed by atoms with van der Waals surface area (Å²) >= 11 is 0. The van der Waals surface area contributed by atoms with Crippen LogP contribution in [0, 0.1) is 0 Å². The Kier molecular flexibility index (Phi) is 4.11. The van der Waals surface area contributed by atoms with Crippen molar-refractivity contribution in [2.45, 2.75) is 26.4 Å². The topological polar surface area (TPSA) is 41.8 Å². The summed E-state index contributed by atoms with van der Waals surface area (Å²) in [4.78, 5) is 7.61. The lowest BCUT2D eigenvalue weighted by Crippen LogP contribution is -2.05. The first-order chi connectivity index (χ1) is 7.88. The van der Waals surface area contributed by atoms with Crippen molar-refractivity contribution in [3.05, 3.63) is 29.3 Å². The van der Waals surface area contributed by atoms with Gasteiger partial charge in [-0.2, -0.15) is 13.2 Å². The fraction of sp³-hybridized carbons (Fsp3) is 0.364. The van der Waals surface area contributed by atoms with Crippen LogP contribution in [0.15, 0.2) is 23.2 Å². The van der Waals surface area contributed by atoms with Crippen molar-refractivity contribution in [1.82, 2.24) is 0 Å². The zero-order valence-corrected chi connectivity index (χ0v) is 9.38. The van der Waals surface area contributed by atoms with Crippen molar-refractivity contribution in [2.24, 2.45) is 4.99 Å². The smallest absolute Gasteiger partial charge is 0.325 e. The highest BCUT2D eigenvalue weighted by Gasteiger charge is 2.30. The molecule has 3 nitrogen and oxygen atoms in total. The van der Waals surface area contributed by atoms with Crippen LogP contribution in [0.2, 0.25) is 0 Å². The minimum atomic E-state index is -4.41.